The average molecular weight is 247 g/mol. The summed E-state index contributed by atoms with van der Waals surface area (Å²) in [5.41, 5.74) is 2.27. The zero-order chi connectivity index (χ0) is 12.4. The fourth-order valence-electron chi connectivity index (χ4n) is 2.22. The van der Waals surface area contributed by atoms with Crippen molar-refractivity contribution in [2.75, 3.05) is 19.7 Å². The molecule has 2 aromatic rings. The van der Waals surface area contributed by atoms with Crippen LogP contribution in [0, 0.1) is 0 Å². The standard InChI is InChI=1S/C12H17N5O/c1-16-10(2-3-15-16)8-17-9-14-6-11(17)12-7-13-4-5-18-12/h2-3,6,9,12-13H,4-5,7-8H2,1H3. The minimum Gasteiger partial charge on any atom is -0.369 e. The van der Waals surface area contributed by atoms with Crippen molar-refractivity contribution < 1.29 is 4.74 Å². The van der Waals surface area contributed by atoms with Crippen LogP contribution < -0.4 is 5.32 Å². The van der Waals surface area contributed by atoms with Crippen molar-refractivity contribution in [1.29, 1.82) is 0 Å². The molecule has 1 aliphatic heterocycles. The van der Waals surface area contributed by atoms with Crippen LogP contribution in [-0.4, -0.2) is 39.0 Å². The lowest BCUT2D eigenvalue weighted by Gasteiger charge is -2.24. The number of aromatic nitrogens is 4. The van der Waals surface area contributed by atoms with Crippen molar-refractivity contribution in [2.45, 2.75) is 12.6 Å². The van der Waals surface area contributed by atoms with E-state index in [0.29, 0.717) is 0 Å². The highest BCUT2D eigenvalue weighted by molar-refractivity contribution is 5.09. The molecule has 18 heavy (non-hydrogen) atoms. The maximum absolute atomic E-state index is 5.77. The normalized spacial score (nSPS) is 20.2. The number of ether oxygens (including phenoxy) is 1. The third-order valence-electron chi connectivity index (χ3n) is 3.26. The second-order valence-corrected chi connectivity index (χ2v) is 4.46. The van der Waals surface area contributed by atoms with Crippen LogP contribution in [0.3, 0.4) is 0 Å². The van der Waals surface area contributed by atoms with Crippen LogP contribution >= 0.6 is 0 Å². The van der Waals surface area contributed by atoms with E-state index >= 15 is 0 Å². The van der Waals surface area contributed by atoms with Crippen molar-refractivity contribution >= 4 is 0 Å². The molecule has 96 valence electrons. The molecule has 0 aliphatic carbocycles. The van der Waals surface area contributed by atoms with Gasteiger partial charge in [0.1, 0.15) is 6.10 Å². The molecule has 6 nitrogen and oxygen atoms in total. The van der Waals surface area contributed by atoms with Crippen LogP contribution in [0.5, 0.6) is 0 Å². The first-order chi connectivity index (χ1) is 8.84. The summed E-state index contributed by atoms with van der Waals surface area (Å²) in [5, 5.41) is 7.52. The molecule has 0 amide bonds. The number of hydrogen-bond acceptors (Lipinski definition) is 4. The van der Waals surface area contributed by atoms with Crippen LogP contribution in [0.15, 0.2) is 24.8 Å². The Balaban J connectivity index is 1.80. The van der Waals surface area contributed by atoms with Gasteiger partial charge in [-0.25, -0.2) is 4.98 Å². The van der Waals surface area contributed by atoms with Crippen LogP contribution in [0.4, 0.5) is 0 Å². The van der Waals surface area contributed by atoms with Crippen molar-refractivity contribution in [3.8, 4) is 0 Å². The van der Waals surface area contributed by atoms with E-state index in [2.05, 4.69) is 20.0 Å². The zero-order valence-electron chi connectivity index (χ0n) is 10.4. The van der Waals surface area contributed by atoms with Gasteiger partial charge in [-0.2, -0.15) is 5.10 Å². The second-order valence-electron chi connectivity index (χ2n) is 4.46. The summed E-state index contributed by atoms with van der Waals surface area (Å²) in [6.07, 6.45) is 5.63. The molecule has 1 N–H and O–H groups in total. The van der Waals surface area contributed by atoms with E-state index < -0.39 is 0 Å². The largest absolute Gasteiger partial charge is 0.369 e. The van der Waals surface area contributed by atoms with Gasteiger partial charge in [-0.1, -0.05) is 0 Å². The van der Waals surface area contributed by atoms with Gasteiger partial charge in [-0.3, -0.25) is 4.68 Å². The number of imidazole rings is 1. The van der Waals surface area contributed by atoms with Crippen LogP contribution in [0.1, 0.15) is 17.5 Å². The van der Waals surface area contributed by atoms with E-state index in [1.54, 1.807) is 0 Å². The Morgan fingerprint density at radius 1 is 1.56 bits per heavy atom. The van der Waals surface area contributed by atoms with Gasteiger partial charge in [0.05, 0.1) is 37.1 Å². The van der Waals surface area contributed by atoms with Gasteiger partial charge in [0.25, 0.3) is 0 Å². The third-order valence-corrected chi connectivity index (χ3v) is 3.26. The van der Waals surface area contributed by atoms with Gasteiger partial charge in [0.15, 0.2) is 0 Å². The molecular weight excluding hydrogens is 230 g/mol. The van der Waals surface area contributed by atoms with Gasteiger partial charge >= 0.3 is 0 Å². The molecule has 3 heterocycles. The summed E-state index contributed by atoms with van der Waals surface area (Å²) < 4.78 is 9.77. The second kappa shape index (κ2) is 4.91. The maximum Gasteiger partial charge on any atom is 0.111 e. The molecule has 0 bridgehead atoms. The smallest absolute Gasteiger partial charge is 0.111 e. The zero-order valence-corrected chi connectivity index (χ0v) is 10.4. The number of hydrogen-bond donors (Lipinski definition) is 1. The summed E-state index contributed by atoms with van der Waals surface area (Å²) in [6, 6.07) is 2.02. The lowest BCUT2D eigenvalue weighted by atomic mass is 10.2. The lowest BCUT2D eigenvalue weighted by molar-refractivity contribution is 0.0230. The maximum atomic E-state index is 5.77. The van der Waals surface area contributed by atoms with Gasteiger partial charge in [0, 0.05) is 26.3 Å². The van der Waals surface area contributed by atoms with Crippen LogP contribution in [0.2, 0.25) is 0 Å². The molecular formula is C12H17N5O. The first-order valence-electron chi connectivity index (χ1n) is 6.14. The van der Waals surface area contributed by atoms with E-state index in [1.165, 1.54) is 0 Å². The van der Waals surface area contributed by atoms with E-state index in [0.717, 1.165) is 37.6 Å². The van der Waals surface area contributed by atoms with Crippen molar-refractivity contribution in [3.63, 3.8) is 0 Å². The highest BCUT2D eigenvalue weighted by Crippen LogP contribution is 2.19. The number of nitrogens with one attached hydrogen (secondary N) is 1. The highest BCUT2D eigenvalue weighted by atomic mass is 16.5. The average Bonchev–Trinajstić information content (AvgIpc) is 3.01. The third kappa shape index (κ3) is 2.16. The van der Waals surface area contributed by atoms with E-state index in [9.17, 15) is 0 Å². The predicted octanol–water partition coefficient (Wildman–Crippen LogP) is 0.326. The van der Waals surface area contributed by atoms with E-state index in [-0.39, 0.29) is 6.10 Å². The molecule has 6 heteroatoms. The fourth-order valence-corrected chi connectivity index (χ4v) is 2.22. The topological polar surface area (TPSA) is 56.9 Å². The molecule has 1 unspecified atom stereocenters. The molecule has 1 fully saturated rings. The number of nitrogens with zero attached hydrogens (tertiary/aromatic N) is 4. The predicted molar refractivity (Wildman–Crippen MR) is 66.1 cm³/mol. The summed E-state index contributed by atoms with van der Waals surface area (Å²) in [5.74, 6) is 0. The number of morpholine rings is 1. The van der Waals surface area contributed by atoms with E-state index in [1.807, 2.05) is 36.5 Å². The van der Waals surface area contributed by atoms with Crippen LogP contribution in [0.25, 0.3) is 0 Å². The minimum atomic E-state index is 0.0921. The summed E-state index contributed by atoms with van der Waals surface area (Å²) >= 11 is 0. The van der Waals surface area contributed by atoms with Gasteiger partial charge in [-0.15, -0.1) is 0 Å². The first kappa shape index (κ1) is 11.4. The molecule has 0 saturated carbocycles. The van der Waals surface area contributed by atoms with Gasteiger partial charge < -0.3 is 14.6 Å². The molecule has 0 aromatic carbocycles. The first-order valence-corrected chi connectivity index (χ1v) is 6.14. The van der Waals surface area contributed by atoms with E-state index in [4.69, 9.17) is 4.74 Å². The summed E-state index contributed by atoms with van der Waals surface area (Å²) in [4.78, 5) is 4.23. The Bertz CT molecular complexity index is 512. The molecule has 1 saturated heterocycles. The Labute approximate surface area is 106 Å². The Morgan fingerprint density at radius 2 is 2.50 bits per heavy atom. The van der Waals surface area contributed by atoms with Crippen LogP contribution in [-0.2, 0) is 18.3 Å². The lowest BCUT2D eigenvalue weighted by Crippen LogP contribution is -2.34. The van der Waals surface area contributed by atoms with Crippen molar-refractivity contribution in [1.82, 2.24) is 24.6 Å². The molecule has 1 aliphatic rings. The quantitative estimate of drug-likeness (QED) is 0.849. The highest BCUT2D eigenvalue weighted by Gasteiger charge is 2.19. The fraction of sp³-hybridized carbons (Fsp3) is 0.500. The molecule has 1 atom stereocenters. The Morgan fingerprint density at radius 3 is 3.22 bits per heavy atom. The van der Waals surface area contributed by atoms with Crippen molar-refractivity contribution in [2.24, 2.45) is 7.05 Å². The molecule has 0 spiro atoms. The number of rotatable bonds is 3. The Kier molecular flexibility index (Phi) is 3.12. The SMILES string of the molecule is Cn1nccc1Cn1cncc1C1CNCCO1. The van der Waals surface area contributed by atoms with Gasteiger partial charge in [-0.05, 0) is 6.07 Å². The number of aryl methyl sites for hydroxylation is 1. The summed E-state index contributed by atoms with van der Waals surface area (Å²) in [6.45, 7) is 3.29. The molecule has 2 aromatic heterocycles. The molecule has 3 rings (SSSR count). The monoisotopic (exact) mass is 247 g/mol. The van der Waals surface area contributed by atoms with Crippen molar-refractivity contribution in [3.05, 3.63) is 36.2 Å². The van der Waals surface area contributed by atoms with Gasteiger partial charge in [0.2, 0.25) is 0 Å². The minimum absolute atomic E-state index is 0.0921. The Hall–Kier alpha value is -1.66. The molecule has 0 radical (unpaired) electrons. The summed E-state index contributed by atoms with van der Waals surface area (Å²) in [7, 11) is 1.95.